The van der Waals surface area contributed by atoms with Crippen LogP contribution in [-0.2, 0) is 14.8 Å². The summed E-state index contributed by atoms with van der Waals surface area (Å²) in [6.07, 6.45) is 2.03. The van der Waals surface area contributed by atoms with E-state index < -0.39 is 10.0 Å². The van der Waals surface area contributed by atoms with E-state index in [2.05, 4.69) is 29.7 Å². The van der Waals surface area contributed by atoms with E-state index in [1.54, 1.807) is 28.6 Å². The molecular weight excluding hydrogens is 502 g/mol. The zero-order valence-corrected chi connectivity index (χ0v) is 23.1. The van der Waals surface area contributed by atoms with E-state index in [-0.39, 0.29) is 6.04 Å². The van der Waals surface area contributed by atoms with Crippen LogP contribution in [-0.4, -0.2) is 86.7 Å². The number of rotatable bonds is 9. The molecule has 0 N–H and O–H groups in total. The average Bonchev–Trinajstić information content (AvgIpc) is 2.97. The second-order valence-corrected chi connectivity index (χ2v) is 11.7. The van der Waals surface area contributed by atoms with E-state index in [0.717, 1.165) is 48.5 Å². The Balaban J connectivity index is 1.27. The second-order valence-electron chi connectivity index (χ2n) is 9.81. The summed E-state index contributed by atoms with van der Waals surface area (Å²) < 4.78 is 39.4. The molecule has 0 spiro atoms. The van der Waals surface area contributed by atoms with Crippen molar-refractivity contribution >= 4 is 26.7 Å². The van der Waals surface area contributed by atoms with E-state index in [0.29, 0.717) is 56.6 Å². The number of para-hydroxylation sites is 1. The van der Waals surface area contributed by atoms with Gasteiger partial charge in [-0.2, -0.15) is 4.31 Å². The minimum atomic E-state index is -3.57. The molecule has 0 aliphatic carbocycles. The number of morpholine rings is 1. The maximum absolute atomic E-state index is 13.3. The quantitative estimate of drug-likeness (QED) is 0.381. The molecule has 9 nitrogen and oxygen atoms in total. The lowest BCUT2D eigenvalue weighted by Crippen LogP contribution is -2.49. The van der Waals surface area contributed by atoms with Crippen molar-refractivity contribution < 1.29 is 17.9 Å². The van der Waals surface area contributed by atoms with E-state index >= 15 is 0 Å². The molecule has 204 valence electrons. The van der Waals surface area contributed by atoms with Crippen molar-refractivity contribution in [1.82, 2.24) is 19.2 Å². The van der Waals surface area contributed by atoms with Crippen LogP contribution in [0.4, 0.5) is 5.82 Å². The van der Waals surface area contributed by atoms with Gasteiger partial charge in [0.05, 0.1) is 36.3 Å². The highest BCUT2D eigenvalue weighted by atomic mass is 32.2. The van der Waals surface area contributed by atoms with Crippen LogP contribution in [0.2, 0.25) is 0 Å². The van der Waals surface area contributed by atoms with Gasteiger partial charge in [-0.1, -0.05) is 25.5 Å². The molecule has 0 saturated carbocycles. The Hall–Kier alpha value is -2.79. The van der Waals surface area contributed by atoms with Gasteiger partial charge in [-0.3, -0.25) is 4.90 Å². The molecule has 0 bridgehead atoms. The Morgan fingerprint density at radius 2 is 1.66 bits per heavy atom. The average molecular weight is 540 g/mol. The van der Waals surface area contributed by atoms with Crippen LogP contribution in [0.25, 0.3) is 10.9 Å². The van der Waals surface area contributed by atoms with Gasteiger partial charge < -0.3 is 14.4 Å². The van der Waals surface area contributed by atoms with Gasteiger partial charge in [-0.15, -0.1) is 0 Å². The Bertz CT molecular complexity index is 1320. The molecule has 3 aromatic rings. The first kappa shape index (κ1) is 26.8. The first-order chi connectivity index (χ1) is 18.5. The molecule has 1 atom stereocenters. The summed E-state index contributed by atoms with van der Waals surface area (Å²) >= 11 is 0. The number of nitrogens with zero attached hydrogens (tertiary/aromatic N) is 5. The fourth-order valence-corrected chi connectivity index (χ4v) is 6.39. The first-order valence-corrected chi connectivity index (χ1v) is 15.0. The minimum Gasteiger partial charge on any atom is -0.494 e. The van der Waals surface area contributed by atoms with Gasteiger partial charge in [0.2, 0.25) is 10.0 Å². The molecular formula is C28H37N5O4S. The smallest absolute Gasteiger partial charge is 0.243 e. The van der Waals surface area contributed by atoms with Crippen molar-refractivity contribution in [1.29, 1.82) is 0 Å². The molecule has 2 aliphatic rings. The molecule has 3 heterocycles. The Morgan fingerprint density at radius 3 is 2.37 bits per heavy atom. The largest absolute Gasteiger partial charge is 0.494 e. The Morgan fingerprint density at radius 1 is 0.947 bits per heavy atom. The first-order valence-electron chi connectivity index (χ1n) is 13.5. The van der Waals surface area contributed by atoms with E-state index in [1.807, 2.05) is 18.2 Å². The summed E-state index contributed by atoms with van der Waals surface area (Å²) in [5.41, 5.74) is 0.925. The highest BCUT2D eigenvalue weighted by molar-refractivity contribution is 7.89. The van der Waals surface area contributed by atoms with E-state index in [4.69, 9.17) is 19.4 Å². The van der Waals surface area contributed by atoms with E-state index in [1.165, 1.54) is 0 Å². The minimum absolute atomic E-state index is 0.0381. The summed E-state index contributed by atoms with van der Waals surface area (Å²) in [6.45, 7) is 9.90. The van der Waals surface area contributed by atoms with Gasteiger partial charge in [0.1, 0.15) is 17.4 Å². The van der Waals surface area contributed by atoms with Crippen LogP contribution in [0.3, 0.4) is 0 Å². The number of sulfonamides is 1. The van der Waals surface area contributed by atoms with Gasteiger partial charge in [-0.05, 0) is 49.7 Å². The molecule has 0 unspecified atom stereocenters. The van der Waals surface area contributed by atoms with Crippen LogP contribution in [0, 0.1) is 0 Å². The summed E-state index contributed by atoms with van der Waals surface area (Å²) in [5.74, 6) is 2.41. The standard InChI is InChI=1S/C28H37N5O4S/c1-3-4-19-37-23-9-11-24(12-10-23)38(34,35)33-15-13-31(14-16-33)22(2)27-29-26-8-6-5-7-25(26)28(30-27)32-17-20-36-21-18-32/h5-12,22H,3-4,13-21H2,1-2H3/t22-/m1/s1. The number of piperazine rings is 1. The zero-order valence-electron chi connectivity index (χ0n) is 22.3. The maximum Gasteiger partial charge on any atom is 0.243 e. The monoisotopic (exact) mass is 539 g/mol. The SMILES string of the molecule is CCCCOc1ccc(S(=O)(=O)N2CCN([C@H](C)c3nc(N4CCOCC4)c4ccccc4n3)CC2)cc1. The molecule has 38 heavy (non-hydrogen) atoms. The van der Waals surface area contributed by atoms with E-state index in [9.17, 15) is 8.42 Å². The molecule has 2 aromatic carbocycles. The van der Waals surface area contributed by atoms with Gasteiger partial charge in [0, 0.05) is 44.7 Å². The number of hydrogen-bond donors (Lipinski definition) is 0. The molecule has 0 radical (unpaired) electrons. The van der Waals surface area contributed by atoms with Crippen molar-refractivity contribution in [2.24, 2.45) is 0 Å². The van der Waals surface area contributed by atoms with Crippen LogP contribution < -0.4 is 9.64 Å². The third-order valence-corrected chi connectivity index (χ3v) is 9.25. The highest BCUT2D eigenvalue weighted by Gasteiger charge is 2.31. The van der Waals surface area contributed by atoms with Crippen molar-refractivity contribution in [2.75, 3.05) is 64.0 Å². The van der Waals surface area contributed by atoms with Gasteiger partial charge >= 0.3 is 0 Å². The highest BCUT2D eigenvalue weighted by Crippen LogP contribution is 2.29. The molecule has 0 amide bonds. The second kappa shape index (κ2) is 11.9. The molecule has 10 heteroatoms. The third kappa shape index (κ3) is 5.78. The Kier molecular flexibility index (Phi) is 8.42. The summed E-state index contributed by atoms with van der Waals surface area (Å²) in [5, 5.41) is 1.04. The van der Waals surface area contributed by atoms with Gasteiger partial charge in [0.25, 0.3) is 0 Å². The van der Waals surface area contributed by atoms with Crippen LogP contribution in [0.5, 0.6) is 5.75 Å². The predicted octanol–water partition coefficient (Wildman–Crippen LogP) is 3.71. The van der Waals surface area contributed by atoms with Crippen molar-refractivity contribution in [3.8, 4) is 5.75 Å². The number of aromatic nitrogens is 2. The molecule has 1 aromatic heterocycles. The van der Waals surface area contributed by atoms with Crippen LogP contribution in [0.1, 0.15) is 38.6 Å². The molecule has 2 aliphatic heterocycles. The van der Waals surface area contributed by atoms with Gasteiger partial charge in [-0.25, -0.2) is 18.4 Å². The number of ether oxygens (including phenoxy) is 2. The summed E-state index contributed by atoms with van der Waals surface area (Å²) in [7, 11) is -3.57. The van der Waals surface area contributed by atoms with Crippen molar-refractivity contribution in [3.05, 3.63) is 54.4 Å². The summed E-state index contributed by atoms with van der Waals surface area (Å²) in [4.78, 5) is 14.8. The number of unbranched alkanes of at least 4 members (excludes halogenated alkanes) is 1. The number of hydrogen-bond acceptors (Lipinski definition) is 8. The fourth-order valence-electron chi connectivity index (χ4n) is 4.97. The molecule has 5 rings (SSSR count). The lowest BCUT2D eigenvalue weighted by atomic mass is 10.1. The van der Waals surface area contributed by atoms with Gasteiger partial charge in [0.15, 0.2) is 0 Å². The number of anilines is 1. The fraction of sp³-hybridized carbons (Fsp3) is 0.500. The maximum atomic E-state index is 13.3. The van der Waals surface area contributed by atoms with Crippen molar-refractivity contribution in [3.63, 3.8) is 0 Å². The van der Waals surface area contributed by atoms with Crippen molar-refractivity contribution in [2.45, 2.75) is 37.6 Å². The number of benzene rings is 2. The zero-order chi connectivity index (χ0) is 26.5. The lowest BCUT2D eigenvalue weighted by molar-refractivity contribution is 0.122. The lowest BCUT2D eigenvalue weighted by Gasteiger charge is -2.37. The number of fused-ring (bicyclic) bond motifs is 1. The van der Waals surface area contributed by atoms with Crippen LogP contribution >= 0.6 is 0 Å². The predicted molar refractivity (Wildman–Crippen MR) is 148 cm³/mol. The molecule has 2 fully saturated rings. The van der Waals surface area contributed by atoms with Crippen LogP contribution in [0.15, 0.2) is 53.4 Å². The third-order valence-electron chi connectivity index (χ3n) is 7.33. The topological polar surface area (TPSA) is 88.1 Å². The normalized spacial score (nSPS) is 18.5. The summed E-state index contributed by atoms with van der Waals surface area (Å²) in [6, 6.07) is 14.8. The molecule has 2 saturated heterocycles. The Labute approximate surface area is 225 Å².